The first-order valence-electron chi connectivity index (χ1n) is 5.96. The Morgan fingerprint density at radius 1 is 1.15 bits per heavy atom. The van der Waals surface area contributed by atoms with Gasteiger partial charge in [-0.2, -0.15) is 0 Å². The fraction of sp³-hybridized carbons (Fsp3) is 1.00. The van der Waals surface area contributed by atoms with Gasteiger partial charge in [-0.1, -0.05) is 12.8 Å². The molecule has 1 aliphatic heterocycles. The lowest BCUT2D eigenvalue weighted by Gasteiger charge is -2.29. The summed E-state index contributed by atoms with van der Waals surface area (Å²) in [4.78, 5) is 2.71. The van der Waals surface area contributed by atoms with Crippen LogP contribution in [0.1, 0.15) is 46.5 Å². The van der Waals surface area contributed by atoms with Crippen LogP contribution in [0.25, 0.3) is 0 Å². The number of hydrogen-bond donors (Lipinski definition) is 0. The molecule has 0 aromatic rings. The van der Waals surface area contributed by atoms with E-state index in [9.17, 15) is 0 Å². The Hall–Kier alpha value is -0.0400. The first-order chi connectivity index (χ1) is 6.20. The van der Waals surface area contributed by atoms with E-state index in [2.05, 4.69) is 25.7 Å². The van der Waals surface area contributed by atoms with E-state index >= 15 is 0 Å². The van der Waals surface area contributed by atoms with E-state index in [1.165, 1.54) is 32.2 Å². The summed E-state index contributed by atoms with van der Waals surface area (Å²) < 4.78 is 0. The Morgan fingerprint density at radius 3 is 2.46 bits per heavy atom. The maximum Gasteiger partial charge on any atom is 0.0101 e. The number of nitrogens with zero attached hydrogens (tertiary/aromatic N) is 1. The molecule has 1 unspecified atom stereocenters. The molecule has 2 rings (SSSR count). The molecule has 1 heterocycles. The Kier molecular flexibility index (Phi) is 2.64. The zero-order chi connectivity index (χ0) is 9.42. The molecule has 0 aromatic carbocycles. The Balaban J connectivity index is 2.05. The number of rotatable bonds is 1. The predicted molar refractivity (Wildman–Crippen MR) is 56.8 cm³/mol. The van der Waals surface area contributed by atoms with E-state index in [4.69, 9.17) is 0 Å². The van der Waals surface area contributed by atoms with Crippen LogP contribution in [0.3, 0.4) is 0 Å². The van der Waals surface area contributed by atoms with Crippen LogP contribution >= 0.6 is 0 Å². The lowest BCUT2D eigenvalue weighted by atomic mass is 9.79. The summed E-state index contributed by atoms with van der Waals surface area (Å²) in [5.41, 5.74) is 0. The van der Waals surface area contributed by atoms with E-state index in [1.54, 1.807) is 0 Å². The van der Waals surface area contributed by atoms with Crippen LogP contribution in [0.2, 0.25) is 0 Å². The van der Waals surface area contributed by atoms with Crippen molar-refractivity contribution < 1.29 is 0 Å². The molecule has 76 valence electrons. The zero-order valence-electron chi connectivity index (χ0n) is 9.29. The van der Waals surface area contributed by atoms with Crippen LogP contribution in [0.4, 0.5) is 0 Å². The molecule has 3 atom stereocenters. The van der Waals surface area contributed by atoms with Crippen molar-refractivity contribution in [3.05, 3.63) is 0 Å². The second kappa shape index (κ2) is 3.61. The van der Waals surface area contributed by atoms with E-state index in [-0.39, 0.29) is 0 Å². The monoisotopic (exact) mass is 181 g/mol. The van der Waals surface area contributed by atoms with Crippen molar-refractivity contribution in [1.29, 1.82) is 0 Å². The molecule has 0 amide bonds. The molecule has 1 saturated heterocycles. The highest BCUT2D eigenvalue weighted by atomic mass is 15.2. The fourth-order valence-electron chi connectivity index (χ4n) is 3.46. The van der Waals surface area contributed by atoms with Crippen molar-refractivity contribution >= 4 is 0 Å². The van der Waals surface area contributed by atoms with Crippen molar-refractivity contribution in [2.45, 2.75) is 58.5 Å². The molecule has 0 N–H and O–H groups in total. The lowest BCUT2D eigenvalue weighted by molar-refractivity contribution is 0.190. The van der Waals surface area contributed by atoms with Crippen molar-refractivity contribution in [3.8, 4) is 0 Å². The summed E-state index contributed by atoms with van der Waals surface area (Å²) in [5, 5.41) is 0. The lowest BCUT2D eigenvalue weighted by Crippen LogP contribution is -2.35. The van der Waals surface area contributed by atoms with E-state index in [0.717, 1.165) is 23.9 Å². The molecule has 13 heavy (non-hydrogen) atoms. The molecular weight excluding hydrogens is 158 g/mol. The minimum absolute atomic E-state index is 0.751. The largest absolute Gasteiger partial charge is 0.298 e. The molecule has 2 fully saturated rings. The third-order valence-electron chi connectivity index (χ3n) is 4.22. The van der Waals surface area contributed by atoms with Crippen LogP contribution in [0.5, 0.6) is 0 Å². The van der Waals surface area contributed by atoms with Crippen LogP contribution in [0, 0.1) is 11.8 Å². The summed E-state index contributed by atoms with van der Waals surface area (Å²) >= 11 is 0. The third-order valence-corrected chi connectivity index (χ3v) is 4.22. The summed E-state index contributed by atoms with van der Waals surface area (Å²) in [5.74, 6) is 2.06. The third kappa shape index (κ3) is 1.63. The highest BCUT2D eigenvalue weighted by Gasteiger charge is 2.40. The number of fused-ring (bicyclic) bond motifs is 1. The maximum absolute atomic E-state index is 2.71. The molecular formula is C12H23N. The predicted octanol–water partition coefficient (Wildman–Crippen LogP) is 2.91. The van der Waals surface area contributed by atoms with E-state index < -0.39 is 0 Å². The SMILES string of the molecule is CC(C)N1C[C@H]2CCCC[C@H]2C1C. The standard InChI is InChI=1S/C12H23N/c1-9(2)13-8-11-6-4-5-7-12(11)10(13)3/h9-12H,4-8H2,1-3H3/t10?,11-,12+/m1/s1. The van der Waals surface area contributed by atoms with Gasteiger partial charge < -0.3 is 0 Å². The molecule has 1 aliphatic carbocycles. The molecule has 0 spiro atoms. The molecule has 2 aliphatic rings. The van der Waals surface area contributed by atoms with Gasteiger partial charge in [0, 0.05) is 18.6 Å². The van der Waals surface area contributed by atoms with E-state index in [1.807, 2.05) is 0 Å². The van der Waals surface area contributed by atoms with Gasteiger partial charge in [0.1, 0.15) is 0 Å². The molecule has 0 aromatic heterocycles. The van der Waals surface area contributed by atoms with Gasteiger partial charge in [0.05, 0.1) is 0 Å². The van der Waals surface area contributed by atoms with Gasteiger partial charge in [-0.15, -0.1) is 0 Å². The highest BCUT2D eigenvalue weighted by Crippen LogP contribution is 2.40. The maximum atomic E-state index is 2.71. The van der Waals surface area contributed by atoms with Gasteiger partial charge in [-0.3, -0.25) is 4.90 Å². The van der Waals surface area contributed by atoms with Crippen LogP contribution in [-0.2, 0) is 0 Å². The molecule has 1 saturated carbocycles. The summed E-state index contributed by atoms with van der Waals surface area (Å²) in [6.07, 6.45) is 5.96. The summed E-state index contributed by atoms with van der Waals surface area (Å²) in [6.45, 7) is 8.50. The number of hydrogen-bond acceptors (Lipinski definition) is 1. The van der Waals surface area contributed by atoms with Crippen molar-refractivity contribution in [2.24, 2.45) is 11.8 Å². The Labute approximate surface area is 82.5 Å². The van der Waals surface area contributed by atoms with Crippen molar-refractivity contribution in [2.75, 3.05) is 6.54 Å². The normalized spacial score (nSPS) is 41.1. The van der Waals surface area contributed by atoms with Gasteiger partial charge in [-0.25, -0.2) is 0 Å². The van der Waals surface area contributed by atoms with Gasteiger partial charge in [0.25, 0.3) is 0 Å². The minimum Gasteiger partial charge on any atom is -0.298 e. The first kappa shape index (κ1) is 9.51. The summed E-state index contributed by atoms with van der Waals surface area (Å²) in [7, 11) is 0. The van der Waals surface area contributed by atoms with Gasteiger partial charge in [-0.05, 0) is 45.4 Å². The van der Waals surface area contributed by atoms with Gasteiger partial charge >= 0.3 is 0 Å². The molecule has 1 heteroatoms. The van der Waals surface area contributed by atoms with Crippen LogP contribution < -0.4 is 0 Å². The van der Waals surface area contributed by atoms with Crippen LogP contribution in [0.15, 0.2) is 0 Å². The number of likely N-dealkylation sites (tertiary alicyclic amines) is 1. The second-order valence-electron chi connectivity index (χ2n) is 5.24. The average molecular weight is 181 g/mol. The Bertz CT molecular complexity index is 174. The summed E-state index contributed by atoms with van der Waals surface area (Å²) in [6, 6.07) is 1.60. The van der Waals surface area contributed by atoms with Gasteiger partial charge in [0.15, 0.2) is 0 Å². The second-order valence-corrected chi connectivity index (χ2v) is 5.24. The smallest absolute Gasteiger partial charge is 0.0101 e. The van der Waals surface area contributed by atoms with Crippen molar-refractivity contribution in [3.63, 3.8) is 0 Å². The minimum atomic E-state index is 0.751. The average Bonchev–Trinajstić information content (AvgIpc) is 2.45. The molecule has 0 radical (unpaired) electrons. The molecule has 1 nitrogen and oxygen atoms in total. The van der Waals surface area contributed by atoms with Crippen molar-refractivity contribution in [1.82, 2.24) is 4.90 Å². The zero-order valence-corrected chi connectivity index (χ0v) is 9.29. The van der Waals surface area contributed by atoms with E-state index in [0.29, 0.717) is 0 Å². The first-order valence-corrected chi connectivity index (χ1v) is 5.96. The quantitative estimate of drug-likeness (QED) is 0.601. The highest BCUT2D eigenvalue weighted by molar-refractivity contribution is 4.93. The van der Waals surface area contributed by atoms with Crippen LogP contribution in [-0.4, -0.2) is 23.5 Å². The van der Waals surface area contributed by atoms with Gasteiger partial charge in [0.2, 0.25) is 0 Å². The molecule has 0 bridgehead atoms. The Morgan fingerprint density at radius 2 is 1.85 bits per heavy atom. The fourth-order valence-corrected chi connectivity index (χ4v) is 3.46. The topological polar surface area (TPSA) is 3.24 Å².